The van der Waals surface area contributed by atoms with Crippen LogP contribution in [-0.2, 0) is 4.74 Å². The van der Waals surface area contributed by atoms with Crippen LogP contribution in [0.15, 0.2) is 0 Å². The van der Waals surface area contributed by atoms with E-state index in [4.69, 9.17) is 10.5 Å². The molecular weight excluding hydrogens is 152 g/mol. The fourth-order valence-corrected chi connectivity index (χ4v) is 1.30. The number of rotatable bonds is 5. The van der Waals surface area contributed by atoms with Crippen molar-refractivity contribution in [2.75, 3.05) is 13.7 Å². The predicted molar refractivity (Wildman–Crippen MR) is 50.1 cm³/mol. The van der Waals surface area contributed by atoms with Gasteiger partial charge in [-0.05, 0) is 26.7 Å². The Kier molecular flexibility index (Phi) is 3.09. The molecule has 1 saturated carbocycles. The van der Waals surface area contributed by atoms with Crippen LogP contribution in [-0.4, -0.2) is 31.3 Å². The van der Waals surface area contributed by atoms with E-state index in [9.17, 15) is 0 Å². The van der Waals surface area contributed by atoms with E-state index in [0.29, 0.717) is 12.6 Å². The molecule has 0 bridgehead atoms. The molecule has 1 rings (SSSR count). The Labute approximate surface area is 74.7 Å². The lowest BCUT2D eigenvalue weighted by molar-refractivity contribution is 0.0410. The van der Waals surface area contributed by atoms with Crippen molar-refractivity contribution in [3.05, 3.63) is 0 Å². The first kappa shape index (κ1) is 9.96. The number of nitrogens with one attached hydrogen (secondary N) is 1. The van der Waals surface area contributed by atoms with Crippen LogP contribution in [0.2, 0.25) is 0 Å². The Bertz CT molecular complexity index is 147. The zero-order valence-electron chi connectivity index (χ0n) is 8.26. The Morgan fingerprint density at radius 1 is 1.67 bits per heavy atom. The van der Waals surface area contributed by atoms with Gasteiger partial charge in [0.2, 0.25) is 0 Å². The summed E-state index contributed by atoms with van der Waals surface area (Å²) in [6.45, 7) is 4.81. The van der Waals surface area contributed by atoms with Gasteiger partial charge < -0.3 is 15.8 Å². The lowest BCUT2D eigenvalue weighted by Crippen LogP contribution is -2.57. The van der Waals surface area contributed by atoms with Crippen molar-refractivity contribution >= 4 is 0 Å². The molecule has 1 aliphatic carbocycles. The van der Waals surface area contributed by atoms with Crippen LogP contribution >= 0.6 is 0 Å². The maximum atomic E-state index is 5.72. The summed E-state index contributed by atoms with van der Waals surface area (Å²) >= 11 is 0. The van der Waals surface area contributed by atoms with Crippen LogP contribution in [0.4, 0.5) is 0 Å². The largest absolute Gasteiger partial charge is 0.380 e. The molecule has 2 atom stereocenters. The van der Waals surface area contributed by atoms with Gasteiger partial charge in [0.15, 0.2) is 0 Å². The van der Waals surface area contributed by atoms with Gasteiger partial charge in [0.1, 0.15) is 0 Å². The summed E-state index contributed by atoms with van der Waals surface area (Å²) in [4.78, 5) is 0. The number of hydrogen-bond donors (Lipinski definition) is 2. The highest BCUT2D eigenvalue weighted by atomic mass is 16.5. The third kappa shape index (κ3) is 2.19. The van der Waals surface area contributed by atoms with E-state index in [1.54, 1.807) is 7.11 Å². The molecule has 0 radical (unpaired) electrons. The minimum atomic E-state index is -0.0596. The molecule has 0 heterocycles. The molecule has 0 spiro atoms. The molecule has 0 saturated heterocycles. The van der Waals surface area contributed by atoms with Gasteiger partial charge in [0.25, 0.3) is 0 Å². The summed E-state index contributed by atoms with van der Waals surface area (Å²) in [5, 5.41) is 3.52. The van der Waals surface area contributed by atoms with E-state index in [2.05, 4.69) is 19.2 Å². The lowest BCUT2D eigenvalue weighted by atomic mass is 9.96. The number of hydrogen-bond acceptors (Lipinski definition) is 3. The van der Waals surface area contributed by atoms with Crippen molar-refractivity contribution < 1.29 is 4.74 Å². The minimum Gasteiger partial charge on any atom is -0.380 e. The summed E-state index contributed by atoms with van der Waals surface area (Å²) in [6.07, 6.45) is 2.74. The summed E-state index contributed by atoms with van der Waals surface area (Å²) in [6, 6.07) is 0.677. The molecule has 3 nitrogen and oxygen atoms in total. The van der Waals surface area contributed by atoms with Crippen molar-refractivity contribution in [3.8, 4) is 0 Å². The molecule has 1 fully saturated rings. The molecule has 0 aromatic rings. The Morgan fingerprint density at radius 2 is 2.25 bits per heavy atom. The molecule has 0 aromatic heterocycles. The molecule has 12 heavy (non-hydrogen) atoms. The van der Waals surface area contributed by atoms with Crippen molar-refractivity contribution in [3.63, 3.8) is 0 Å². The molecule has 1 aliphatic rings. The summed E-state index contributed by atoms with van der Waals surface area (Å²) < 4.78 is 5.29. The number of ether oxygens (including phenoxy) is 1. The topological polar surface area (TPSA) is 47.3 Å². The van der Waals surface area contributed by atoms with Crippen LogP contribution in [0.25, 0.3) is 0 Å². The maximum Gasteiger partial charge on any atom is 0.0734 e. The fourth-order valence-electron chi connectivity index (χ4n) is 1.30. The average Bonchev–Trinajstić information content (AvgIpc) is 2.86. The molecule has 0 amide bonds. The van der Waals surface area contributed by atoms with Crippen molar-refractivity contribution in [1.82, 2.24) is 5.32 Å². The first-order valence-corrected chi connectivity index (χ1v) is 4.63. The minimum absolute atomic E-state index is 0.0596. The molecular formula is C9H20N2O. The summed E-state index contributed by atoms with van der Waals surface area (Å²) in [7, 11) is 1.73. The molecule has 0 aromatic carbocycles. The second-order valence-corrected chi connectivity index (χ2v) is 3.92. The highest BCUT2D eigenvalue weighted by Crippen LogP contribution is 2.24. The third-order valence-electron chi connectivity index (χ3n) is 2.79. The molecule has 72 valence electrons. The van der Waals surface area contributed by atoms with Crippen LogP contribution in [0.3, 0.4) is 0 Å². The van der Waals surface area contributed by atoms with E-state index in [1.165, 1.54) is 12.8 Å². The highest BCUT2D eigenvalue weighted by Gasteiger charge is 2.35. The SMILES string of the molecule is COC(C)C(C)(CN)NC1CC1. The van der Waals surface area contributed by atoms with Gasteiger partial charge in [-0.25, -0.2) is 0 Å². The summed E-state index contributed by atoms with van der Waals surface area (Å²) in [5.74, 6) is 0. The maximum absolute atomic E-state index is 5.72. The van der Waals surface area contributed by atoms with Crippen LogP contribution in [0, 0.1) is 0 Å². The molecule has 3 N–H and O–H groups in total. The van der Waals surface area contributed by atoms with E-state index in [-0.39, 0.29) is 11.6 Å². The van der Waals surface area contributed by atoms with E-state index < -0.39 is 0 Å². The number of nitrogens with two attached hydrogens (primary N) is 1. The van der Waals surface area contributed by atoms with Gasteiger partial charge in [-0.15, -0.1) is 0 Å². The fraction of sp³-hybridized carbons (Fsp3) is 1.00. The lowest BCUT2D eigenvalue weighted by Gasteiger charge is -2.34. The van der Waals surface area contributed by atoms with Crippen LogP contribution < -0.4 is 11.1 Å². The molecule has 2 unspecified atom stereocenters. The Hall–Kier alpha value is -0.120. The average molecular weight is 172 g/mol. The molecule has 3 heteroatoms. The Balaban J connectivity index is 2.46. The van der Waals surface area contributed by atoms with E-state index in [0.717, 1.165) is 0 Å². The van der Waals surface area contributed by atoms with Crippen LogP contribution in [0.5, 0.6) is 0 Å². The standard InChI is InChI=1S/C9H20N2O/c1-7(12-3)9(2,6-10)11-8-4-5-8/h7-8,11H,4-6,10H2,1-3H3. The third-order valence-corrected chi connectivity index (χ3v) is 2.79. The van der Waals surface area contributed by atoms with Crippen molar-refractivity contribution in [2.45, 2.75) is 44.4 Å². The normalized spacial score (nSPS) is 25.0. The van der Waals surface area contributed by atoms with Crippen molar-refractivity contribution in [2.24, 2.45) is 5.73 Å². The quantitative estimate of drug-likeness (QED) is 0.634. The second kappa shape index (κ2) is 3.73. The van der Waals surface area contributed by atoms with Gasteiger partial charge in [0, 0.05) is 19.7 Å². The Morgan fingerprint density at radius 3 is 2.58 bits per heavy atom. The van der Waals surface area contributed by atoms with E-state index in [1.807, 2.05) is 0 Å². The predicted octanol–water partition coefficient (Wildman–Crippen LogP) is 0.491. The van der Waals surface area contributed by atoms with Gasteiger partial charge in [0.05, 0.1) is 11.6 Å². The van der Waals surface area contributed by atoms with Gasteiger partial charge >= 0.3 is 0 Å². The monoisotopic (exact) mass is 172 g/mol. The first-order valence-electron chi connectivity index (χ1n) is 4.63. The van der Waals surface area contributed by atoms with Crippen LogP contribution in [0.1, 0.15) is 26.7 Å². The van der Waals surface area contributed by atoms with Gasteiger partial charge in [-0.2, -0.15) is 0 Å². The highest BCUT2D eigenvalue weighted by molar-refractivity contribution is 4.96. The van der Waals surface area contributed by atoms with E-state index >= 15 is 0 Å². The van der Waals surface area contributed by atoms with Gasteiger partial charge in [-0.1, -0.05) is 0 Å². The smallest absolute Gasteiger partial charge is 0.0734 e. The van der Waals surface area contributed by atoms with Gasteiger partial charge in [-0.3, -0.25) is 0 Å². The summed E-state index contributed by atoms with van der Waals surface area (Å²) in [5.41, 5.74) is 5.66. The zero-order chi connectivity index (χ0) is 9.19. The second-order valence-electron chi connectivity index (χ2n) is 3.92. The molecule has 0 aliphatic heterocycles. The zero-order valence-corrected chi connectivity index (χ0v) is 8.26. The first-order chi connectivity index (χ1) is 5.62. The van der Waals surface area contributed by atoms with Crippen molar-refractivity contribution in [1.29, 1.82) is 0 Å². The number of methoxy groups -OCH3 is 1.